The maximum Gasteiger partial charge on any atom is 0.0685 e. The highest BCUT2D eigenvalue weighted by atomic mass is 16.7. The molecule has 0 aromatic rings. The molecule has 0 aliphatic rings. The molecule has 134 valence electrons. The summed E-state index contributed by atoms with van der Waals surface area (Å²) < 4.78 is 0. The van der Waals surface area contributed by atoms with Crippen LogP contribution in [0.5, 0.6) is 0 Å². The topological polar surface area (TPSA) is 38.5 Å². The van der Waals surface area contributed by atoms with E-state index in [0.29, 0.717) is 0 Å². The maximum atomic E-state index is 5.84. The minimum Gasteiger partial charge on any atom is -0.330 e. The van der Waals surface area contributed by atoms with Gasteiger partial charge in [-0.2, -0.15) is 5.06 Å². The zero-order valence-electron chi connectivity index (χ0n) is 15.5. The van der Waals surface area contributed by atoms with Gasteiger partial charge in [-0.25, -0.2) is 0 Å². The molecule has 0 rings (SSSR count). The molecule has 0 aromatic heterocycles. The summed E-state index contributed by atoms with van der Waals surface area (Å²) in [4.78, 5) is 5.84. The van der Waals surface area contributed by atoms with Crippen molar-refractivity contribution in [3.05, 3.63) is 0 Å². The molecule has 0 unspecified atom stereocenters. The van der Waals surface area contributed by atoms with Crippen LogP contribution >= 0.6 is 0 Å². The van der Waals surface area contributed by atoms with E-state index in [0.717, 1.165) is 39.1 Å². The van der Waals surface area contributed by atoms with Gasteiger partial charge in [0.2, 0.25) is 0 Å². The minimum atomic E-state index is 0.752. The summed E-state index contributed by atoms with van der Waals surface area (Å²) in [7, 11) is 0. The Morgan fingerprint density at radius 2 is 1.18 bits per heavy atom. The molecule has 0 aliphatic heterocycles. The predicted molar refractivity (Wildman–Crippen MR) is 97.9 cm³/mol. The summed E-state index contributed by atoms with van der Waals surface area (Å²) in [6.45, 7) is 8.11. The molecule has 0 saturated carbocycles. The number of hydrogen-bond acceptors (Lipinski definition) is 3. The van der Waals surface area contributed by atoms with E-state index in [9.17, 15) is 0 Å². The van der Waals surface area contributed by atoms with Crippen LogP contribution in [0.15, 0.2) is 0 Å². The second-order valence-electron chi connectivity index (χ2n) is 6.44. The quantitative estimate of drug-likeness (QED) is 0.276. The number of hydroxylamine groups is 2. The molecular weight excluding hydrogens is 272 g/mol. The van der Waals surface area contributed by atoms with Crippen LogP contribution in [0.1, 0.15) is 97.3 Å². The molecule has 0 heterocycles. The molecule has 0 spiro atoms. The van der Waals surface area contributed by atoms with Crippen LogP contribution in [-0.4, -0.2) is 31.3 Å². The molecule has 0 saturated heterocycles. The van der Waals surface area contributed by atoms with E-state index in [1.165, 1.54) is 70.6 Å². The molecule has 0 radical (unpaired) electrons. The predicted octanol–water partition coefficient (Wildman–Crippen LogP) is 5.29. The third-order valence-electron chi connectivity index (χ3n) is 4.11. The van der Waals surface area contributed by atoms with Crippen molar-refractivity contribution in [2.24, 2.45) is 5.73 Å². The fourth-order valence-electron chi connectivity index (χ4n) is 2.72. The smallest absolute Gasteiger partial charge is 0.0685 e. The van der Waals surface area contributed by atoms with E-state index in [-0.39, 0.29) is 0 Å². The van der Waals surface area contributed by atoms with Gasteiger partial charge in [0, 0.05) is 13.1 Å². The van der Waals surface area contributed by atoms with E-state index < -0.39 is 0 Å². The standard InChI is InChI=1S/C19H42N2O/c1-3-5-6-7-8-9-10-11-12-13-14-19-22-21(17-4-2)18-15-16-20/h3-20H2,1-2H3. The zero-order chi connectivity index (χ0) is 16.3. The molecule has 3 heteroatoms. The summed E-state index contributed by atoms with van der Waals surface area (Å²) >= 11 is 0. The number of rotatable bonds is 18. The fourth-order valence-corrected chi connectivity index (χ4v) is 2.72. The van der Waals surface area contributed by atoms with Crippen molar-refractivity contribution < 1.29 is 4.84 Å². The summed E-state index contributed by atoms with van der Waals surface area (Å²) in [5, 5.41) is 2.10. The van der Waals surface area contributed by atoms with Crippen LogP contribution in [0.3, 0.4) is 0 Å². The van der Waals surface area contributed by atoms with Crippen LogP contribution in [-0.2, 0) is 4.84 Å². The summed E-state index contributed by atoms with van der Waals surface area (Å²) in [5.41, 5.74) is 5.56. The van der Waals surface area contributed by atoms with Gasteiger partial charge < -0.3 is 5.73 Å². The van der Waals surface area contributed by atoms with Crippen molar-refractivity contribution in [1.29, 1.82) is 0 Å². The highest BCUT2D eigenvalue weighted by molar-refractivity contribution is 4.49. The lowest BCUT2D eigenvalue weighted by Gasteiger charge is -2.20. The first-order valence-electron chi connectivity index (χ1n) is 9.93. The summed E-state index contributed by atoms with van der Waals surface area (Å²) in [6, 6.07) is 0. The Balaban J connectivity index is 3.23. The lowest BCUT2D eigenvalue weighted by molar-refractivity contribution is -0.160. The van der Waals surface area contributed by atoms with Gasteiger partial charge in [-0.15, -0.1) is 0 Å². The van der Waals surface area contributed by atoms with Crippen LogP contribution in [0.4, 0.5) is 0 Å². The first-order valence-corrected chi connectivity index (χ1v) is 9.93. The van der Waals surface area contributed by atoms with E-state index in [4.69, 9.17) is 10.6 Å². The van der Waals surface area contributed by atoms with Crippen molar-refractivity contribution in [3.8, 4) is 0 Å². The van der Waals surface area contributed by atoms with Crippen LogP contribution < -0.4 is 5.73 Å². The maximum absolute atomic E-state index is 5.84. The van der Waals surface area contributed by atoms with Crippen molar-refractivity contribution in [2.75, 3.05) is 26.2 Å². The van der Waals surface area contributed by atoms with Gasteiger partial charge >= 0.3 is 0 Å². The van der Waals surface area contributed by atoms with E-state index in [1.807, 2.05) is 0 Å². The average Bonchev–Trinajstić information content (AvgIpc) is 2.53. The highest BCUT2D eigenvalue weighted by Crippen LogP contribution is 2.11. The van der Waals surface area contributed by atoms with Crippen molar-refractivity contribution in [2.45, 2.75) is 97.3 Å². The largest absolute Gasteiger partial charge is 0.330 e. The normalized spacial score (nSPS) is 11.5. The van der Waals surface area contributed by atoms with E-state index in [2.05, 4.69) is 18.9 Å². The third-order valence-corrected chi connectivity index (χ3v) is 4.11. The van der Waals surface area contributed by atoms with Crippen LogP contribution in [0, 0.1) is 0 Å². The Morgan fingerprint density at radius 3 is 1.68 bits per heavy atom. The number of nitrogens with two attached hydrogens (primary N) is 1. The van der Waals surface area contributed by atoms with Crippen molar-refractivity contribution >= 4 is 0 Å². The molecule has 22 heavy (non-hydrogen) atoms. The van der Waals surface area contributed by atoms with Crippen molar-refractivity contribution in [3.63, 3.8) is 0 Å². The Labute approximate surface area is 139 Å². The Kier molecular flexibility index (Phi) is 18.8. The SMILES string of the molecule is CCCCCCCCCCCCCON(CCC)CCCN. The van der Waals surface area contributed by atoms with E-state index in [1.54, 1.807) is 0 Å². The third kappa shape index (κ3) is 16.3. The van der Waals surface area contributed by atoms with E-state index >= 15 is 0 Å². The van der Waals surface area contributed by atoms with Crippen molar-refractivity contribution in [1.82, 2.24) is 5.06 Å². The lowest BCUT2D eigenvalue weighted by Crippen LogP contribution is -2.28. The first-order chi connectivity index (χ1) is 10.8. The number of hydrogen-bond donors (Lipinski definition) is 1. The summed E-state index contributed by atoms with van der Waals surface area (Å²) in [6.07, 6.45) is 17.4. The zero-order valence-corrected chi connectivity index (χ0v) is 15.5. The Hall–Kier alpha value is -0.120. The van der Waals surface area contributed by atoms with Gasteiger partial charge in [0.1, 0.15) is 0 Å². The van der Waals surface area contributed by atoms with Gasteiger partial charge in [-0.1, -0.05) is 78.1 Å². The lowest BCUT2D eigenvalue weighted by atomic mass is 10.1. The van der Waals surface area contributed by atoms with Gasteiger partial charge in [0.25, 0.3) is 0 Å². The number of unbranched alkanes of at least 4 members (excludes halogenated alkanes) is 10. The van der Waals surface area contributed by atoms with Gasteiger partial charge in [-0.3, -0.25) is 4.84 Å². The molecule has 0 bridgehead atoms. The molecule has 0 fully saturated rings. The average molecular weight is 315 g/mol. The summed E-state index contributed by atoms with van der Waals surface area (Å²) in [5.74, 6) is 0. The molecule has 0 amide bonds. The van der Waals surface area contributed by atoms with Gasteiger partial charge in [0.15, 0.2) is 0 Å². The van der Waals surface area contributed by atoms with Crippen LogP contribution in [0.2, 0.25) is 0 Å². The second-order valence-corrected chi connectivity index (χ2v) is 6.44. The highest BCUT2D eigenvalue weighted by Gasteiger charge is 2.03. The molecule has 0 aromatic carbocycles. The Bertz CT molecular complexity index is 200. The fraction of sp³-hybridized carbons (Fsp3) is 1.00. The monoisotopic (exact) mass is 314 g/mol. The number of nitrogens with zero attached hydrogens (tertiary/aromatic N) is 1. The first kappa shape index (κ1) is 21.9. The molecular formula is C19H42N2O. The minimum absolute atomic E-state index is 0.752. The van der Waals surface area contributed by atoms with Crippen LogP contribution in [0.25, 0.3) is 0 Å². The van der Waals surface area contributed by atoms with Gasteiger partial charge in [0.05, 0.1) is 6.61 Å². The molecule has 0 atom stereocenters. The molecule has 0 aliphatic carbocycles. The van der Waals surface area contributed by atoms with Gasteiger partial charge in [-0.05, 0) is 25.8 Å². The molecule has 3 nitrogen and oxygen atoms in total. The molecule has 2 N–H and O–H groups in total. The Morgan fingerprint density at radius 1 is 0.636 bits per heavy atom. The second kappa shape index (κ2) is 18.9.